The maximum absolute atomic E-state index is 11.8. The standard InChI is InChI=1S/C12H16N2O3S/c1-2-17-10-9-14-18(15,16)12-5-3-11(4-6-12)7-8-13/h3-6,14H,2,7,9-10H2,1H3. The van der Waals surface area contributed by atoms with Crippen molar-refractivity contribution in [2.24, 2.45) is 0 Å². The first kappa shape index (κ1) is 14.6. The van der Waals surface area contributed by atoms with Crippen LogP contribution in [0.15, 0.2) is 29.2 Å². The van der Waals surface area contributed by atoms with Crippen molar-refractivity contribution in [3.63, 3.8) is 0 Å². The molecule has 1 aromatic rings. The molecule has 5 nitrogen and oxygen atoms in total. The summed E-state index contributed by atoms with van der Waals surface area (Å²) in [5.74, 6) is 0. The van der Waals surface area contributed by atoms with E-state index < -0.39 is 10.0 Å². The molecule has 6 heteroatoms. The van der Waals surface area contributed by atoms with Gasteiger partial charge in [0.1, 0.15) is 0 Å². The molecular formula is C12H16N2O3S. The van der Waals surface area contributed by atoms with E-state index in [1.807, 2.05) is 13.0 Å². The maximum atomic E-state index is 11.8. The van der Waals surface area contributed by atoms with Crippen LogP contribution in [0.25, 0.3) is 0 Å². The number of nitrogens with zero attached hydrogens (tertiary/aromatic N) is 1. The van der Waals surface area contributed by atoms with Crippen LogP contribution < -0.4 is 4.72 Å². The van der Waals surface area contributed by atoms with Gasteiger partial charge < -0.3 is 4.74 Å². The van der Waals surface area contributed by atoms with Gasteiger partial charge in [-0.2, -0.15) is 5.26 Å². The van der Waals surface area contributed by atoms with Crippen molar-refractivity contribution in [3.05, 3.63) is 29.8 Å². The van der Waals surface area contributed by atoms with Crippen molar-refractivity contribution in [2.45, 2.75) is 18.2 Å². The van der Waals surface area contributed by atoms with Crippen LogP contribution in [0.1, 0.15) is 12.5 Å². The molecule has 0 aliphatic heterocycles. The first-order valence-corrected chi connectivity index (χ1v) is 7.11. The minimum absolute atomic E-state index is 0.195. The number of ether oxygens (including phenoxy) is 1. The van der Waals surface area contributed by atoms with Gasteiger partial charge in [-0.3, -0.25) is 0 Å². The van der Waals surface area contributed by atoms with Gasteiger partial charge >= 0.3 is 0 Å². The average molecular weight is 268 g/mol. The van der Waals surface area contributed by atoms with E-state index in [2.05, 4.69) is 4.72 Å². The molecule has 0 bridgehead atoms. The van der Waals surface area contributed by atoms with Crippen molar-refractivity contribution in [3.8, 4) is 6.07 Å². The summed E-state index contributed by atoms with van der Waals surface area (Å²) in [6.07, 6.45) is 0.276. The molecule has 1 rings (SSSR count). The van der Waals surface area contributed by atoms with Gasteiger partial charge in [0.25, 0.3) is 0 Å². The zero-order chi connectivity index (χ0) is 13.4. The van der Waals surface area contributed by atoms with Gasteiger partial charge in [0.05, 0.1) is 24.0 Å². The predicted molar refractivity (Wildman–Crippen MR) is 67.4 cm³/mol. The Hall–Kier alpha value is -1.42. The number of nitrogens with one attached hydrogen (secondary N) is 1. The molecule has 0 saturated carbocycles. The summed E-state index contributed by atoms with van der Waals surface area (Å²) in [7, 11) is -3.49. The van der Waals surface area contributed by atoms with E-state index in [0.29, 0.717) is 13.2 Å². The fourth-order valence-corrected chi connectivity index (χ4v) is 2.37. The van der Waals surface area contributed by atoms with Crippen LogP contribution in [0.2, 0.25) is 0 Å². The highest BCUT2D eigenvalue weighted by Gasteiger charge is 2.12. The predicted octanol–water partition coefficient (Wildman–Crippen LogP) is 1.07. The molecule has 0 radical (unpaired) electrons. The van der Waals surface area contributed by atoms with Crippen LogP contribution in [-0.2, 0) is 21.2 Å². The van der Waals surface area contributed by atoms with Crippen molar-refractivity contribution < 1.29 is 13.2 Å². The van der Waals surface area contributed by atoms with Gasteiger partial charge in [0.15, 0.2) is 0 Å². The molecular weight excluding hydrogens is 252 g/mol. The molecule has 0 heterocycles. The lowest BCUT2D eigenvalue weighted by molar-refractivity contribution is 0.153. The molecule has 1 aromatic carbocycles. The van der Waals surface area contributed by atoms with Crippen molar-refractivity contribution >= 4 is 10.0 Å². The van der Waals surface area contributed by atoms with Gasteiger partial charge in [-0.15, -0.1) is 0 Å². The summed E-state index contributed by atoms with van der Waals surface area (Å²) in [6, 6.07) is 8.28. The molecule has 0 spiro atoms. The fourth-order valence-electron chi connectivity index (χ4n) is 1.35. The number of rotatable bonds is 7. The van der Waals surface area contributed by atoms with Gasteiger partial charge in [0.2, 0.25) is 10.0 Å². The molecule has 0 saturated heterocycles. The summed E-state index contributed by atoms with van der Waals surface area (Å²) >= 11 is 0. The Morgan fingerprint density at radius 3 is 2.56 bits per heavy atom. The highest BCUT2D eigenvalue weighted by molar-refractivity contribution is 7.89. The zero-order valence-electron chi connectivity index (χ0n) is 10.2. The van der Waals surface area contributed by atoms with Crippen LogP contribution in [0.4, 0.5) is 0 Å². The smallest absolute Gasteiger partial charge is 0.240 e. The van der Waals surface area contributed by atoms with E-state index in [1.165, 1.54) is 12.1 Å². The van der Waals surface area contributed by atoms with Gasteiger partial charge in [-0.25, -0.2) is 13.1 Å². The minimum Gasteiger partial charge on any atom is -0.380 e. The van der Waals surface area contributed by atoms with E-state index in [0.717, 1.165) is 5.56 Å². The summed E-state index contributed by atoms with van der Waals surface area (Å²) in [5.41, 5.74) is 0.797. The molecule has 0 fully saturated rings. The van der Waals surface area contributed by atoms with Crippen molar-refractivity contribution in [1.29, 1.82) is 5.26 Å². The monoisotopic (exact) mass is 268 g/mol. The Kier molecular flexibility index (Phi) is 5.78. The van der Waals surface area contributed by atoms with E-state index in [4.69, 9.17) is 10.00 Å². The highest BCUT2D eigenvalue weighted by Crippen LogP contribution is 2.10. The number of hydrogen-bond donors (Lipinski definition) is 1. The maximum Gasteiger partial charge on any atom is 0.240 e. The quantitative estimate of drug-likeness (QED) is 0.750. The average Bonchev–Trinajstić information content (AvgIpc) is 2.36. The van der Waals surface area contributed by atoms with E-state index in [-0.39, 0.29) is 17.9 Å². The summed E-state index contributed by atoms with van der Waals surface area (Å²) in [5, 5.41) is 8.52. The number of benzene rings is 1. The molecule has 0 atom stereocenters. The lowest BCUT2D eigenvalue weighted by atomic mass is 10.2. The third kappa shape index (κ3) is 4.45. The summed E-state index contributed by atoms with van der Waals surface area (Å²) in [4.78, 5) is 0.195. The fraction of sp³-hybridized carbons (Fsp3) is 0.417. The zero-order valence-corrected chi connectivity index (χ0v) is 11.0. The Labute approximate surface area is 107 Å². The third-order valence-corrected chi connectivity index (χ3v) is 3.74. The molecule has 0 aliphatic carbocycles. The Morgan fingerprint density at radius 1 is 1.33 bits per heavy atom. The van der Waals surface area contributed by atoms with Crippen LogP contribution in [0.3, 0.4) is 0 Å². The number of nitriles is 1. The van der Waals surface area contributed by atoms with Gasteiger partial charge in [-0.1, -0.05) is 12.1 Å². The first-order chi connectivity index (χ1) is 8.60. The number of hydrogen-bond acceptors (Lipinski definition) is 4. The van der Waals surface area contributed by atoms with Crippen molar-refractivity contribution in [1.82, 2.24) is 4.72 Å². The van der Waals surface area contributed by atoms with Crippen LogP contribution in [0.5, 0.6) is 0 Å². The summed E-state index contributed by atoms with van der Waals surface area (Å²) in [6.45, 7) is 3.01. The third-order valence-electron chi connectivity index (χ3n) is 2.26. The molecule has 98 valence electrons. The molecule has 0 unspecified atom stereocenters. The largest absolute Gasteiger partial charge is 0.380 e. The Morgan fingerprint density at radius 2 is 2.00 bits per heavy atom. The topological polar surface area (TPSA) is 79.2 Å². The first-order valence-electron chi connectivity index (χ1n) is 5.63. The normalized spacial score (nSPS) is 11.1. The second-order valence-electron chi connectivity index (χ2n) is 3.57. The molecule has 18 heavy (non-hydrogen) atoms. The van der Waals surface area contributed by atoms with Gasteiger partial charge in [0, 0.05) is 13.2 Å². The molecule has 0 amide bonds. The molecule has 0 aliphatic rings. The summed E-state index contributed by atoms with van der Waals surface area (Å²) < 4.78 is 31.2. The van der Waals surface area contributed by atoms with Gasteiger partial charge in [-0.05, 0) is 24.6 Å². The second kappa shape index (κ2) is 7.11. The van der Waals surface area contributed by atoms with Crippen LogP contribution in [-0.4, -0.2) is 28.2 Å². The van der Waals surface area contributed by atoms with Crippen LogP contribution >= 0.6 is 0 Å². The van der Waals surface area contributed by atoms with Crippen molar-refractivity contribution in [2.75, 3.05) is 19.8 Å². The Balaban J connectivity index is 2.64. The molecule has 0 aromatic heterocycles. The lowest BCUT2D eigenvalue weighted by Gasteiger charge is -2.07. The Bertz CT molecular complexity index is 503. The number of sulfonamides is 1. The molecule has 1 N–H and O–H groups in total. The van der Waals surface area contributed by atoms with E-state index >= 15 is 0 Å². The van der Waals surface area contributed by atoms with E-state index in [9.17, 15) is 8.42 Å². The SMILES string of the molecule is CCOCCNS(=O)(=O)c1ccc(CC#N)cc1. The highest BCUT2D eigenvalue weighted by atomic mass is 32.2. The second-order valence-corrected chi connectivity index (χ2v) is 5.34. The van der Waals surface area contributed by atoms with E-state index in [1.54, 1.807) is 12.1 Å². The minimum atomic E-state index is -3.49. The van der Waals surface area contributed by atoms with Crippen LogP contribution in [0, 0.1) is 11.3 Å². The lowest BCUT2D eigenvalue weighted by Crippen LogP contribution is -2.27.